The highest BCUT2D eigenvalue weighted by Gasteiger charge is 2.04. The highest BCUT2D eigenvalue weighted by Crippen LogP contribution is 2.03. The van der Waals surface area contributed by atoms with Gasteiger partial charge in [-0.3, -0.25) is 4.79 Å². The minimum absolute atomic E-state index is 0.0812. The molecule has 0 bridgehead atoms. The molecule has 1 aromatic heterocycles. The first-order chi connectivity index (χ1) is 9.58. The van der Waals surface area contributed by atoms with Crippen LogP contribution < -0.4 is 10.9 Å². The summed E-state index contributed by atoms with van der Waals surface area (Å²) in [6.07, 6.45) is 1.70. The molecule has 1 aromatic carbocycles. The molecule has 0 atom stereocenters. The number of nitrogens with zero attached hydrogens (tertiary/aromatic N) is 2. The number of aromatic nitrogens is 2. The maximum atomic E-state index is 11.9. The first-order valence-electron chi connectivity index (χ1n) is 6.56. The fourth-order valence-electron chi connectivity index (χ4n) is 2.07. The van der Waals surface area contributed by atoms with Gasteiger partial charge in [0, 0.05) is 31.5 Å². The van der Waals surface area contributed by atoms with E-state index < -0.39 is 0 Å². The molecule has 0 spiro atoms. The van der Waals surface area contributed by atoms with Crippen molar-refractivity contribution in [3.05, 3.63) is 62.2 Å². The van der Waals surface area contributed by atoms with E-state index in [1.54, 1.807) is 10.8 Å². The van der Waals surface area contributed by atoms with Crippen LogP contribution in [0, 0.1) is 13.8 Å². The smallest absolute Gasteiger partial charge is 0.283 e. The van der Waals surface area contributed by atoms with Crippen molar-refractivity contribution >= 4 is 15.9 Å². The van der Waals surface area contributed by atoms with Gasteiger partial charge in [-0.15, -0.1) is 0 Å². The van der Waals surface area contributed by atoms with Crippen molar-refractivity contribution in [1.82, 2.24) is 14.9 Å². The third-order valence-corrected chi connectivity index (χ3v) is 3.68. The zero-order chi connectivity index (χ0) is 14.5. The van der Waals surface area contributed by atoms with Gasteiger partial charge in [-0.1, -0.05) is 29.8 Å². The van der Waals surface area contributed by atoms with E-state index in [4.69, 9.17) is 0 Å². The van der Waals surface area contributed by atoms with Crippen molar-refractivity contribution in [2.75, 3.05) is 6.54 Å². The summed E-state index contributed by atoms with van der Waals surface area (Å²) in [6.45, 7) is 6.16. The van der Waals surface area contributed by atoms with Gasteiger partial charge in [0.05, 0.1) is 0 Å². The molecule has 5 heteroatoms. The van der Waals surface area contributed by atoms with Crippen LogP contribution in [0.3, 0.4) is 0 Å². The monoisotopic (exact) mass is 335 g/mol. The SMILES string of the molecule is Cc1cccc(CNCCn2c(C)cnc(Br)c2=O)c1. The second-order valence-corrected chi connectivity index (χ2v) is 5.56. The lowest BCUT2D eigenvalue weighted by Gasteiger charge is -2.10. The van der Waals surface area contributed by atoms with Crippen LogP contribution in [-0.2, 0) is 13.1 Å². The summed E-state index contributed by atoms with van der Waals surface area (Å²) in [6, 6.07) is 8.40. The fraction of sp³-hybridized carbons (Fsp3) is 0.333. The van der Waals surface area contributed by atoms with E-state index in [1.807, 2.05) is 6.92 Å². The normalized spacial score (nSPS) is 10.8. The van der Waals surface area contributed by atoms with Crippen LogP contribution in [0.2, 0.25) is 0 Å². The number of aryl methyl sites for hydroxylation is 2. The molecule has 4 nitrogen and oxygen atoms in total. The minimum atomic E-state index is -0.0812. The first-order valence-corrected chi connectivity index (χ1v) is 7.35. The molecule has 0 aliphatic carbocycles. The zero-order valence-electron chi connectivity index (χ0n) is 11.7. The highest BCUT2D eigenvalue weighted by molar-refractivity contribution is 9.10. The Hall–Kier alpha value is -1.46. The highest BCUT2D eigenvalue weighted by atomic mass is 79.9. The van der Waals surface area contributed by atoms with Crippen molar-refractivity contribution in [2.45, 2.75) is 26.9 Å². The Morgan fingerprint density at radius 2 is 2.15 bits per heavy atom. The number of halogens is 1. The molecule has 106 valence electrons. The van der Waals surface area contributed by atoms with Gasteiger partial charge in [-0.2, -0.15) is 0 Å². The number of nitrogens with one attached hydrogen (secondary N) is 1. The molecule has 2 rings (SSSR count). The molecule has 0 radical (unpaired) electrons. The summed E-state index contributed by atoms with van der Waals surface area (Å²) in [4.78, 5) is 15.9. The van der Waals surface area contributed by atoms with Gasteiger partial charge in [0.2, 0.25) is 0 Å². The molecule has 20 heavy (non-hydrogen) atoms. The average Bonchev–Trinajstić information content (AvgIpc) is 2.42. The van der Waals surface area contributed by atoms with E-state index in [9.17, 15) is 4.79 Å². The lowest BCUT2D eigenvalue weighted by atomic mass is 10.1. The zero-order valence-corrected chi connectivity index (χ0v) is 13.3. The van der Waals surface area contributed by atoms with Gasteiger partial charge in [-0.05, 0) is 35.3 Å². The van der Waals surface area contributed by atoms with E-state index in [0.717, 1.165) is 18.8 Å². The Kier molecular flexibility index (Phi) is 5.09. The van der Waals surface area contributed by atoms with E-state index in [2.05, 4.69) is 57.4 Å². The molecule has 0 amide bonds. The molecule has 1 N–H and O–H groups in total. The largest absolute Gasteiger partial charge is 0.311 e. The van der Waals surface area contributed by atoms with Crippen LogP contribution in [0.15, 0.2) is 39.9 Å². The summed E-state index contributed by atoms with van der Waals surface area (Å²) in [5.74, 6) is 0. The van der Waals surface area contributed by atoms with Crippen molar-refractivity contribution in [3.63, 3.8) is 0 Å². The number of hydrogen-bond acceptors (Lipinski definition) is 3. The Bertz CT molecular complexity index is 652. The average molecular weight is 336 g/mol. The van der Waals surface area contributed by atoms with Gasteiger partial charge >= 0.3 is 0 Å². The molecule has 0 fully saturated rings. The number of rotatable bonds is 5. The van der Waals surface area contributed by atoms with Gasteiger partial charge in [0.25, 0.3) is 5.56 Å². The third kappa shape index (κ3) is 3.77. The van der Waals surface area contributed by atoms with E-state index >= 15 is 0 Å². The topological polar surface area (TPSA) is 46.9 Å². The van der Waals surface area contributed by atoms with Gasteiger partial charge < -0.3 is 9.88 Å². The Morgan fingerprint density at radius 3 is 2.90 bits per heavy atom. The van der Waals surface area contributed by atoms with Gasteiger partial charge in [0.15, 0.2) is 4.60 Å². The number of hydrogen-bond donors (Lipinski definition) is 1. The van der Waals surface area contributed by atoms with Crippen LogP contribution in [0.5, 0.6) is 0 Å². The third-order valence-electron chi connectivity index (χ3n) is 3.14. The number of benzene rings is 1. The summed E-state index contributed by atoms with van der Waals surface area (Å²) in [5.41, 5.74) is 3.30. The lowest BCUT2D eigenvalue weighted by Crippen LogP contribution is -2.29. The minimum Gasteiger partial charge on any atom is -0.311 e. The molecule has 0 unspecified atom stereocenters. The molecular weight excluding hydrogens is 318 g/mol. The second-order valence-electron chi connectivity index (χ2n) is 4.81. The molecule has 1 heterocycles. The Morgan fingerprint density at radius 1 is 1.35 bits per heavy atom. The first kappa shape index (κ1) is 14.9. The molecule has 0 saturated heterocycles. The van der Waals surface area contributed by atoms with Crippen LogP contribution in [0.4, 0.5) is 0 Å². The van der Waals surface area contributed by atoms with Crippen LogP contribution in [-0.4, -0.2) is 16.1 Å². The Balaban J connectivity index is 1.91. The van der Waals surface area contributed by atoms with Gasteiger partial charge in [0.1, 0.15) is 0 Å². The standard InChI is InChI=1S/C15H18BrN3O/c1-11-4-3-5-13(8-11)10-17-6-7-19-12(2)9-18-14(16)15(19)20/h3-5,8-9,17H,6-7,10H2,1-2H3. The van der Waals surface area contributed by atoms with Crippen LogP contribution >= 0.6 is 15.9 Å². The summed E-state index contributed by atoms with van der Waals surface area (Å²) in [7, 11) is 0. The molecule has 2 aromatic rings. The van der Waals surface area contributed by atoms with Crippen molar-refractivity contribution in [1.29, 1.82) is 0 Å². The van der Waals surface area contributed by atoms with E-state index in [-0.39, 0.29) is 5.56 Å². The second kappa shape index (κ2) is 6.81. The van der Waals surface area contributed by atoms with Crippen LogP contribution in [0.1, 0.15) is 16.8 Å². The molecular formula is C15H18BrN3O. The quantitative estimate of drug-likeness (QED) is 0.853. The summed E-state index contributed by atoms with van der Waals surface area (Å²) in [5, 5.41) is 3.36. The maximum absolute atomic E-state index is 11.9. The molecule has 0 saturated carbocycles. The van der Waals surface area contributed by atoms with Crippen molar-refractivity contribution in [3.8, 4) is 0 Å². The predicted molar refractivity (Wildman–Crippen MR) is 83.8 cm³/mol. The molecule has 0 aliphatic rings. The summed E-state index contributed by atoms with van der Waals surface area (Å²) >= 11 is 3.17. The summed E-state index contributed by atoms with van der Waals surface area (Å²) < 4.78 is 2.09. The Labute approximate surface area is 127 Å². The lowest BCUT2D eigenvalue weighted by molar-refractivity contribution is 0.570. The van der Waals surface area contributed by atoms with Crippen molar-refractivity contribution < 1.29 is 0 Å². The maximum Gasteiger partial charge on any atom is 0.283 e. The molecule has 0 aliphatic heterocycles. The van der Waals surface area contributed by atoms with E-state index in [0.29, 0.717) is 11.1 Å². The van der Waals surface area contributed by atoms with E-state index in [1.165, 1.54) is 11.1 Å². The van der Waals surface area contributed by atoms with Gasteiger partial charge in [-0.25, -0.2) is 4.98 Å². The van der Waals surface area contributed by atoms with Crippen LogP contribution in [0.25, 0.3) is 0 Å². The fourth-order valence-corrected chi connectivity index (χ4v) is 2.39. The predicted octanol–water partition coefficient (Wildman–Crippen LogP) is 2.41. The van der Waals surface area contributed by atoms with Crippen molar-refractivity contribution in [2.24, 2.45) is 0 Å².